The lowest BCUT2D eigenvalue weighted by molar-refractivity contribution is -0.116. The molecule has 0 saturated carbocycles. The molecule has 0 aliphatic carbocycles. The fourth-order valence-electron chi connectivity index (χ4n) is 2.94. The number of carbonyl (C=O) groups excluding carboxylic acids is 1. The Labute approximate surface area is 155 Å². The van der Waals surface area contributed by atoms with E-state index in [-0.39, 0.29) is 18.0 Å². The van der Waals surface area contributed by atoms with Crippen molar-refractivity contribution in [3.05, 3.63) is 48.0 Å². The number of benzene rings is 1. The number of morpholine rings is 1. The molecule has 4 rings (SSSR count). The van der Waals surface area contributed by atoms with E-state index in [9.17, 15) is 9.18 Å². The highest BCUT2D eigenvalue weighted by molar-refractivity contribution is 5.90. The van der Waals surface area contributed by atoms with Gasteiger partial charge in [0.2, 0.25) is 5.91 Å². The first-order valence-electron chi connectivity index (χ1n) is 8.79. The zero-order valence-electron chi connectivity index (χ0n) is 14.6. The van der Waals surface area contributed by atoms with Crippen LogP contribution in [0.1, 0.15) is 12.2 Å². The highest BCUT2D eigenvalue weighted by Crippen LogP contribution is 2.15. The van der Waals surface area contributed by atoms with E-state index in [4.69, 9.17) is 4.74 Å². The topological polar surface area (TPSA) is 84.7 Å². The summed E-state index contributed by atoms with van der Waals surface area (Å²) >= 11 is 0. The number of aromatic nitrogens is 4. The summed E-state index contributed by atoms with van der Waals surface area (Å²) in [7, 11) is 0. The third-order valence-corrected chi connectivity index (χ3v) is 4.37. The van der Waals surface area contributed by atoms with E-state index >= 15 is 0 Å². The van der Waals surface area contributed by atoms with Crippen molar-refractivity contribution >= 4 is 23.1 Å². The molecular formula is C18H19FN6O2. The number of nitrogens with one attached hydrogen (secondary N) is 1. The predicted molar refractivity (Wildman–Crippen MR) is 97.2 cm³/mol. The van der Waals surface area contributed by atoms with Gasteiger partial charge in [0.1, 0.15) is 11.6 Å². The molecule has 0 unspecified atom stereocenters. The van der Waals surface area contributed by atoms with Crippen molar-refractivity contribution in [2.45, 2.75) is 12.8 Å². The minimum Gasteiger partial charge on any atom is -0.378 e. The lowest BCUT2D eigenvalue weighted by Gasteiger charge is -2.27. The number of amides is 1. The third kappa shape index (κ3) is 3.87. The summed E-state index contributed by atoms with van der Waals surface area (Å²) in [5.41, 5.74) is 0.790. The average molecular weight is 370 g/mol. The van der Waals surface area contributed by atoms with E-state index in [2.05, 4.69) is 25.5 Å². The molecule has 1 saturated heterocycles. The standard InChI is InChI=1S/C18H19FN6O2/c19-13-3-1-2-4-14(13)20-18(26)8-7-16-22-21-15-5-6-17(23-25(15)16)24-9-11-27-12-10-24/h1-6H,7-12H2,(H,20,26). The van der Waals surface area contributed by atoms with Crippen molar-refractivity contribution in [2.24, 2.45) is 0 Å². The fourth-order valence-corrected chi connectivity index (χ4v) is 2.94. The number of carbonyl (C=O) groups is 1. The molecule has 0 atom stereocenters. The number of nitrogens with zero attached hydrogens (tertiary/aromatic N) is 5. The first-order chi connectivity index (χ1) is 13.2. The SMILES string of the molecule is O=C(CCc1nnc2ccc(N3CCOCC3)nn12)Nc1ccccc1F. The zero-order chi connectivity index (χ0) is 18.6. The second kappa shape index (κ2) is 7.67. The number of hydrogen-bond donors (Lipinski definition) is 1. The van der Waals surface area contributed by atoms with Crippen LogP contribution in [-0.2, 0) is 16.0 Å². The van der Waals surface area contributed by atoms with Crippen LogP contribution in [0.4, 0.5) is 15.9 Å². The molecule has 1 aromatic carbocycles. The lowest BCUT2D eigenvalue weighted by atomic mass is 10.2. The molecule has 8 nitrogen and oxygen atoms in total. The van der Waals surface area contributed by atoms with E-state index in [0.29, 0.717) is 31.1 Å². The lowest BCUT2D eigenvalue weighted by Crippen LogP contribution is -2.37. The Kier molecular flexibility index (Phi) is 4.93. The second-order valence-corrected chi connectivity index (χ2v) is 6.21. The Morgan fingerprint density at radius 1 is 1.15 bits per heavy atom. The normalized spacial score (nSPS) is 14.5. The van der Waals surface area contributed by atoms with Gasteiger partial charge in [0.15, 0.2) is 11.5 Å². The molecule has 1 aliphatic heterocycles. The summed E-state index contributed by atoms with van der Waals surface area (Å²) in [5.74, 6) is 0.656. The van der Waals surface area contributed by atoms with Crippen LogP contribution in [-0.4, -0.2) is 52.0 Å². The van der Waals surface area contributed by atoms with Crippen LogP contribution in [0.2, 0.25) is 0 Å². The van der Waals surface area contributed by atoms with Crippen LogP contribution in [0.5, 0.6) is 0 Å². The van der Waals surface area contributed by atoms with Crippen molar-refractivity contribution in [1.29, 1.82) is 0 Å². The molecule has 0 spiro atoms. The first-order valence-corrected chi connectivity index (χ1v) is 8.79. The Morgan fingerprint density at radius 2 is 1.96 bits per heavy atom. The van der Waals surface area contributed by atoms with Gasteiger partial charge in [0, 0.05) is 25.9 Å². The molecule has 3 aromatic rings. The molecule has 140 valence electrons. The monoisotopic (exact) mass is 370 g/mol. The Hall–Kier alpha value is -3.07. The Bertz CT molecular complexity index is 954. The highest BCUT2D eigenvalue weighted by atomic mass is 19.1. The number of anilines is 2. The number of ether oxygens (including phenoxy) is 1. The molecular weight excluding hydrogens is 351 g/mol. The molecule has 9 heteroatoms. The van der Waals surface area contributed by atoms with E-state index in [1.54, 1.807) is 16.6 Å². The van der Waals surface area contributed by atoms with Crippen LogP contribution in [0.3, 0.4) is 0 Å². The van der Waals surface area contributed by atoms with E-state index in [0.717, 1.165) is 18.9 Å². The molecule has 1 amide bonds. The molecule has 0 bridgehead atoms. The Balaban J connectivity index is 1.45. The minimum atomic E-state index is -0.462. The fraction of sp³-hybridized carbons (Fsp3) is 0.333. The van der Waals surface area contributed by atoms with E-state index in [1.165, 1.54) is 12.1 Å². The maximum atomic E-state index is 13.6. The number of rotatable bonds is 5. The average Bonchev–Trinajstić information content (AvgIpc) is 3.11. The maximum Gasteiger partial charge on any atom is 0.224 e. The van der Waals surface area contributed by atoms with E-state index in [1.807, 2.05) is 12.1 Å². The summed E-state index contributed by atoms with van der Waals surface area (Å²) in [6.45, 7) is 2.90. The molecule has 0 radical (unpaired) electrons. The molecule has 3 heterocycles. The number of para-hydroxylation sites is 1. The number of fused-ring (bicyclic) bond motifs is 1. The quantitative estimate of drug-likeness (QED) is 0.736. The van der Waals surface area contributed by atoms with Gasteiger partial charge in [-0.1, -0.05) is 12.1 Å². The van der Waals surface area contributed by atoms with Crippen molar-refractivity contribution in [2.75, 3.05) is 36.5 Å². The minimum absolute atomic E-state index is 0.151. The Morgan fingerprint density at radius 3 is 2.78 bits per heavy atom. The van der Waals surface area contributed by atoms with Crippen LogP contribution in [0, 0.1) is 5.82 Å². The van der Waals surface area contributed by atoms with Gasteiger partial charge in [-0.2, -0.15) is 4.52 Å². The maximum absolute atomic E-state index is 13.6. The largest absolute Gasteiger partial charge is 0.378 e. The summed E-state index contributed by atoms with van der Waals surface area (Å²) in [6.07, 6.45) is 0.500. The van der Waals surface area contributed by atoms with Gasteiger partial charge in [-0.3, -0.25) is 4.79 Å². The van der Waals surface area contributed by atoms with Crippen LogP contribution >= 0.6 is 0 Å². The molecule has 1 fully saturated rings. The summed E-state index contributed by atoms with van der Waals surface area (Å²) in [6, 6.07) is 9.83. The summed E-state index contributed by atoms with van der Waals surface area (Å²) in [5, 5.41) is 15.4. The van der Waals surface area contributed by atoms with Gasteiger partial charge >= 0.3 is 0 Å². The molecule has 1 aliphatic rings. The third-order valence-electron chi connectivity index (χ3n) is 4.37. The highest BCUT2D eigenvalue weighted by Gasteiger charge is 2.16. The van der Waals surface area contributed by atoms with Crippen LogP contribution in [0.25, 0.3) is 5.65 Å². The van der Waals surface area contributed by atoms with Gasteiger partial charge in [0.25, 0.3) is 0 Å². The van der Waals surface area contributed by atoms with Gasteiger partial charge in [0.05, 0.1) is 18.9 Å². The van der Waals surface area contributed by atoms with Crippen LogP contribution < -0.4 is 10.2 Å². The van der Waals surface area contributed by atoms with Gasteiger partial charge in [-0.05, 0) is 24.3 Å². The summed E-state index contributed by atoms with van der Waals surface area (Å²) < 4.78 is 20.6. The summed E-state index contributed by atoms with van der Waals surface area (Å²) in [4.78, 5) is 14.3. The zero-order valence-corrected chi connectivity index (χ0v) is 14.6. The van der Waals surface area contributed by atoms with Crippen molar-refractivity contribution in [1.82, 2.24) is 19.8 Å². The van der Waals surface area contributed by atoms with Gasteiger partial charge < -0.3 is 15.0 Å². The van der Waals surface area contributed by atoms with Crippen molar-refractivity contribution in [3.8, 4) is 0 Å². The van der Waals surface area contributed by atoms with Crippen LogP contribution in [0.15, 0.2) is 36.4 Å². The van der Waals surface area contributed by atoms with Gasteiger partial charge in [-0.25, -0.2) is 4.39 Å². The van der Waals surface area contributed by atoms with Gasteiger partial charge in [-0.15, -0.1) is 15.3 Å². The van der Waals surface area contributed by atoms with Crippen molar-refractivity contribution in [3.63, 3.8) is 0 Å². The smallest absolute Gasteiger partial charge is 0.224 e. The second-order valence-electron chi connectivity index (χ2n) is 6.21. The molecule has 2 aromatic heterocycles. The molecule has 27 heavy (non-hydrogen) atoms. The van der Waals surface area contributed by atoms with E-state index < -0.39 is 5.82 Å². The van der Waals surface area contributed by atoms with Crippen molar-refractivity contribution < 1.29 is 13.9 Å². The number of aryl methyl sites for hydroxylation is 1. The first kappa shape index (κ1) is 17.3. The number of halogens is 1. The number of hydrogen-bond acceptors (Lipinski definition) is 6. The predicted octanol–water partition coefficient (Wildman–Crippen LogP) is 1.67. The molecule has 1 N–H and O–H groups in total.